The first kappa shape index (κ1) is 25.2. The lowest BCUT2D eigenvalue weighted by Gasteiger charge is -2.42. The molecule has 2 heterocycles. The van der Waals surface area contributed by atoms with Crippen LogP contribution >= 0.6 is 11.6 Å². The molecule has 2 aliphatic rings. The van der Waals surface area contributed by atoms with E-state index in [4.69, 9.17) is 21.1 Å². The van der Waals surface area contributed by atoms with Crippen LogP contribution in [0.4, 0.5) is 4.79 Å². The molecule has 2 aromatic carbocycles. The summed E-state index contributed by atoms with van der Waals surface area (Å²) in [6.07, 6.45) is 0.185. The second-order valence-corrected chi connectivity index (χ2v) is 9.42. The molecule has 188 valence electrons. The molecule has 0 radical (unpaired) electrons. The number of urea groups is 1. The number of carbonyl (C=O) groups is 2. The molecular weight excluding hydrogens is 474 g/mol. The molecule has 0 bridgehead atoms. The highest BCUT2D eigenvalue weighted by molar-refractivity contribution is 6.30. The van der Waals surface area contributed by atoms with Crippen molar-refractivity contribution in [3.8, 4) is 11.5 Å². The van der Waals surface area contributed by atoms with Crippen LogP contribution in [0.1, 0.15) is 18.4 Å². The quantitative estimate of drug-likeness (QED) is 0.336. The Bertz CT molecular complexity index is 1040. The highest BCUT2D eigenvalue weighted by atomic mass is 35.5. The SMILES string of the molecule is O=C1CN(CCCOc2ccc(CN3CC[C@H](O)[C@@](O)(COc4cccc(Cl)c4)C3)cc2)C(=O)N1. The van der Waals surface area contributed by atoms with E-state index >= 15 is 0 Å². The van der Waals surface area contributed by atoms with E-state index in [2.05, 4.69) is 10.2 Å². The Morgan fingerprint density at radius 2 is 1.91 bits per heavy atom. The summed E-state index contributed by atoms with van der Waals surface area (Å²) >= 11 is 5.99. The molecule has 0 aliphatic carbocycles. The number of aliphatic hydroxyl groups is 2. The van der Waals surface area contributed by atoms with E-state index in [1.807, 2.05) is 24.3 Å². The van der Waals surface area contributed by atoms with Crippen LogP contribution in [0.25, 0.3) is 0 Å². The highest BCUT2D eigenvalue weighted by Crippen LogP contribution is 2.26. The predicted molar refractivity (Wildman–Crippen MR) is 129 cm³/mol. The molecule has 0 unspecified atom stereocenters. The van der Waals surface area contributed by atoms with Crippen LogP contribution in [-0.2, 0) is 11.3 Å². The largest absolute Gasteiger partial charge is 0.494 e. The Hall–Kier alpha value is -2.85. The third kappa shape index (κ3) is 6.85. The first-order valence-electron chi connectivity index (χ1n) is 11.6. The molecule has 0 saturated carbocycles. The predicted octanol–water partition coefficient (Wildman–Crippen LogP) is 2.04. The summed E-state index contributed by atoms with van der Waals surface area (Å²) in [7, 11) is 0. The Kier molecular flexibility index (Phi) is 8.12. The Morgan fingerprint density at radius 1 is 1.11 bits per heavy atom. The number of aliphatic hydroxyl groups excluding tert-OH is 1. The van der Waals surface area contributed by atoms with E-state index in [0.29, 0.717) is 49.9 Å². The van der Waals surface area contributed by atoms with Crippen LogP contribution in [0.15, 0.2) is 48.5 Å². The average Bonchev–Trinajstić information content (AvgIpc) is 3.16. The number of hydrogen-bond acceptors (Lipinski definition) is 7. The fourth-order valence-electron chi connectivity index (χ4n) is 4.25. The Balaban J connectivity index is 1.23. The molecule has 3 N–H and O–H groups in total. The molecule has 2 fully saturated rings. The van der Waals surface area contributed by atoms with Crippen molar-refractivity contribution >= 4 is 23.5 Å². The van der Waals surface area contributed by atoms with Gasteiger partial charge in [-0.3, -0.25) is 15.0 Å². The zero-order chi connectivity index (χ0) is 24.8. The van der Waals surface area contributed by atoms with Gasteiger partial charge in [0.1, 0.15) is 30.3 Å². The number of β-amino-alcohol motifs (C(OH)–C–C–N with tert-alkyl or cyclic N) is 1. The highest BCUT2D eigenvalue weighted by Gasteiger charge is 2.42. The normalized spacial score (nSPS) is 22.8. The van der Waals surface area contributed by atoms with Crippen molar-refractivity contribution < 1.29 is 29.3 Å². The summed E-state index contributed by atoms with van der Waals surface area (Å²) in [5.41, 5.74) is -0.334. The smallest absolute Gasteiger partial charge is 0.324 e. The maximum atomic E-state index is 11.5. The number of ether oxygens (including phenoxy) is 2. The summed E-state index contributed by atoms with van der Waals surface area (Å²) in [6, 6.07) is 14.3. The minimum Gasteiger partial charge on any atom is -0.494 e. The number of rotatable bonds is 10. The van der Waals surface area contributed by atoms with Gasteiger partial charge >= 0.3 is 6.03 Å². The number of imide groups is 1. The van der Waals surface area contributed by atoms with Crippen LogP contribution < -0.4 is 14.8 Å². The van der Waals surface area contributed by atoms with Crippen LogP contribution in [0.2, 0.25) is 5.02 Å². The van der Waals surface area contributed by atoms with Gasteiger partial charge in [0.15, 0.2) is 0 Å². The number of carbonyl (C=O) groups excluding carboxylic acids is 2. The van der Waals surface area contributed by atoms with E-state index in [9.17, 15) is 19.8 Å². The van der Waals surface area contributed by atoms with Gasteiger partial charge in [0.2, 0.25) is 5.91 Å². The molecule has 2 saturated heterocycles. The number of halogens is 1. The molecule has 0 spiro atoms. The second kappa shape index (κ2) is 11.3. The van der Waals surface area contributed by atoms with Gasteiger partial charge in [-0.25, -0.2) is 4.79 Å². The van der Waals surface area contributed by atoms with Gasteiger partial charge in [0, 0.05) is 31.2 Å². The molecule has 3 amide bonds. The fraction of sp³-hybridized carbons (Fsp3) is 0.440. The number of hydrogen-bond donors (Lipinski definition) is 3. The fourth-order valence-corrected chi connectivity index (χ4v) is 4.43. The molecule has 0 aromatic heterocycles. The van der Waals surface area contributed by atoms with E-state index in [1.165, 1.54) is 4.90 Å². The van der Waals surface area contributed by atoms with Crippen molar-refractivity contribution in [3.63, 3.8) is 0 Å². The van der Waals surface area contributed by atoms with Crippen LogP contribution in [-0.4, -0.2) is 83.0 Å². The first-order valence-corrected chi connectivity index (χ1v) is 12.0. The summed E-state index contributed by atoms with van der Waals surface area (Å²) in [6.45, 7) is 2.50. The summed E-state index contributed by atoms with van der Waals surface area (Å²) < 4.78 is 11.5. The van der Waals surface area contributed by atoms with Crippen LogP contribution in [0.5, 0.6) is 11.5 Å². The Labute approximate surface area is 209 Å². The van der Waals surface area contributed by atoms with Crippen LogP contribution in [0, 0.1) is 0 Å². The standard InChI is InChI=1S/C25H30ClN3O6/c26-19-3-1-4-21(13-19)35-17-25(33)16-28(11-9-22(25)30)14-18-5-7-20(8-6-18)34-12-2-10-29-15-23(31)27-24(29)32/h1,3-8,13,22,30,33H,2,9-12,14-17H2,(H,27,31,32)/t22-,25-/m0/s1. The van der Waals surface area contributed by atoms with E-state index in [1.54, 1.807) is 24.3 Å². The van der Waals surface area contributed by atoms with E-state index < -0.39 is 11.7 Å². The lowest BCUT2D eigenvalue weighted by molar-refractivity contribution is -0.140. The molecular formula is C25H30ClN3O6. The van der Waals surface area contributed by atoms with Gasteiger partial charge in [-0.1, -0.05) is 29.8 Å². The lowest BCUT2D eigenvalue weighted by Crippen LogP contribution is -2.59. The van der Waals surface area contributed by atoms with Crippen molar-refractivity contribution in [3.05, 3.63) is 59.1 Å². The van der Waals surface area contributed by atoms with Gasteiger partial charge < -0.3 is 24.6 Å². The molecule has 10 heteroatoms. The van der Waals surface area contributed by atoms with Crippen molar-refractivity contribution in [2.45, 2.75) is 31.1 Å². The maximum absolute atomic E-state index is 11.5. The van der Waals surface area contributed by atoms with Gasteiger partial charge in [0.05, 0.1) is 12.7 Å². The monoisotopic (exact) mass is 503 g/mol. The summed E-state index contributed by atoms with van der Waals surface area (Å²) in [5.74, 6) is 0.987. The van der Waals surface area contributed by atoms with Crippen molar-refractivity contribution in [2.24, 2.45) is 0 Å². The van der Waals surface area contributed by atoms with Gasteiger partial charge in [-0.15, -0.1) is 0 Å². The second-order valence-electron chi connectivity index (χ2n) is 8.99. The molecule has 2 atom stereocenters. The zero-order valence-electron chi connectivity index (χ0n) is 19.4. The minimum absolute atomic E-state index is 0.0367. The number of benzene rings is 2. The van der Waals surface area contributed by atoms with Gasteiger partial charge in [-0.05, 0) is 48.7 Å². The first-order chi connectivity index (χ1) is 16.8. The van der Waals surface area contributed by atoms with E-state index in [-0.39, 0.29) is 31.6 Å². The number of amides is 3. The van der Waals surface area contributed by atoms with Gasteiger partial charge in [-0.2, -0.15) is 0 Å². The minimum atomic E-state index is -1.39. The molecule has 2 aliphatic heterocycles. The number of nitrogens with one attached hydrogen (secondary N) is 1. The third-order valence-corrected chi connectivity index (χ3v) is 6.40. The van der Waals surface area contributed by atoms with Crippen molar-refractivity contribution in [1.29, 1.82) is 0 Å². The summed E-state index contributed by atoms with van der Waals surface area (Å²) in [4.78, 5) is 26.3. The molecule has 4 rings (SSSR count). The number of likely N-dealkylation sites (tertiary alicyclic amines) is 1. The molecule has 2 aromatic rings. The topological polar surface area (TPSA) is 112 Å². The molecule has 35 heavy (non-hydrogen) atoms. The van der Waals surface area contributed by atoms with Crippen LogP contribution in [0.3, 0.4) is 0 Å². The number of nitrogens with zero attached hydrogens (tertiary/aromatic N) is 2. The lowest BCUT2D eigenvalue weighted by atomic mass is 9.90. The average molecular weight is 504 g/mol. The maximum Gasteiger partial charge on any atom is 0.324 e. The zero-order valence-corrected chi connectivity index (χ0v) is 20.1. The summed E-state index contributed by atoms with van der Waals surface area (Å²) in [5, 5.41) is 24.3. The van der Waals surface area contributed by atoms with E-state index in [0.717, 1.165) is 11.3 Å². The third-order valence-electron chi connectivity index (χ3n) is 6.16. The number of piperidine rings is 1. The van der Waals surface area contributed by atoms with Gasteiger partial charge in [0.25, 0.3) is 0 Å². The molecule has 9 nitrogen and oxygen atoms in total. The van der Waals surface area contributed by atoms with Crippen molar-refractivity contribution in [1.82, 2.24) is 15.1 Å². The van der Waals surface area contributed by atoms with Crippen molar-refractivity contribution in [2.75, 3.05) is 39.4 Å². The Morgan fingerprint density at radius 3 is 2.63 bits per heavy atom.